The molecule has 1 rings (SSSR count). The minimum absolute atomic E-state index is 0.136. The van der Waals surface area contributed by atoms with Crippen LogP contribution >= 0.6 is 35.4 Å². The van der Waals surface area contributed by atoms with E-state index in [0.717, 1.165) is 0 Å². The number of anilines is 1. The first-order valence-electron chi connectivity index (χ1n) is 4.74. The molecule has 3 N–H and O–H groups in total. The number of hydrogen-bond donors (Lipinski definition) is 3. The predicted octanol–water partition coefficient (Wildman–Crippen LogP) is 2.66. The lowest BCUT2D eigenvalue weighted by molar-refractivity contribution is 0.289. The van der Waals surface area contributed by atoms with Gasteiger partial charge in [0.1, 0.15) is 0 Å². The van der Waals surface area contributed by atoms with Crippen LogP contribution in [-0.2, 0) is 0 Å². The van der Waals surface area contributed by atoms with E-state index in [9.17, 15) is 0 Å². The van der Waals surface area contributed by atoms with Crippen molar-refractivity contribution in [1.29, 1.82) is 0 Å². The van der Waals surface area contributed by atoms with Gasteiger partial charge in [-0.25, -0.2) is 0 Å². The van der Waals surface area contributed by atoms with E-state index < -0.39 is 0 Å². The average Bonchev–Trinajstić information content (AvgIpc) is 2.23. The van der Waals surface area contributed by atoms with E-state index in [1.165, 1.54) is 0 Å². The molecule has 1 aromatic carbocycles. The van der Waals surface area contributed by atoms with Crippen LogP contribution in [0.4, 0.5) is 5.69 Å². The van der Waals surface area contributed by atoms with E-state index in [1.807, 2.05) is 0 Å². The van der Waals surface area contributed by atoms with Crippen molar-refractivity contribution in [2.75, 3.05) is 18.5 Å². The zero-order chi connectivity index (χ0) is 12.0. The molecule has 0 atom stereocenters. The first-order valence-corrected chi connectivity index (χ1v) is 5.90. The number of aliphatic hydroxyl groups is 1. The molecule has 0 aliphatic rings. The van der Waals surface area contributed by atoms with Crippen molar-refractivity contribution in [2.24, 2.45) is 0 Å². The molecular formula is C10H12Cl2N2OS. The van der Waals surface area contributed by atoms with Gasteiger partial charge in [-0.2, -0.15) is 0 Å². The van der Waals surface area contributed by atoms with Gasteiger partial charge in [0.2, 0.25) is 0 Å². The van der Waals surface area contributed by atoms with Gasteiger partial charge >= 0.3 is 0 Å². The summed E-state index contributed by atoms with van der Waals surface area (Å²) in [7, 11) is 0. The Bertz CT molecular complexity index is 374. The van der Waals surface area contributed by atoms with Crippen molar-refractivity contribution in [1.82, 2.24) is 5.32 Å². The Morgan fingerprint density at radius 1 is 1.38 bits per heavy atom. The maximum Gasteiger partial charge on any atom is 0.170 e. The number of nitrogens with one attached hydrogen (secondary N) is 2. The lowest BCUT2D eigenvalue weighted by Gasteiger charge is -2.11. The van der Waals surface area contributed by atoms with Crippen molar-refractivity contribution in [3.8, 4) is 0 Å². The Labute approximate surface area is 110 Å². The molecule has 0 saturated heterocycles. The van der Waals surface area contributed by atoms with Crippen molar-refractivity contribution in [3.63, 3.8) is 0 Å². The summed E-state index contributed by atoms with van der Waals surface area (Å²) in [6, 6.07) is 5.12. The maximum atomic E-state index is 8.60. The van der Waals surface area contributed by atoms with Gasteiger partial charge in [-0.3, -0.25) is 0 Å². The summed E-state index contributed by atoms with van der Waals surface area (Å²) in [5.74, 6) is 0. The highest BCUT2D eigenvalue weighted by Gasteiger charge is 2.02. The van der Waals surface area contributed by atoms with Crippen molar-refractivity contribution in [2.45, 2.75) is 6.42 Å². The quantitative estimate of drug-likeness (QED) is 0.585. The predicted molar refractivity (Wildman–Crippen MR) is 72.4 cm³/mol. The Morgan fingerprint density at radius 3 is 2.75 bits per heavy atom. The minimum Gasteiger partial charge on any atom is -0.396 e. The second-order valence-electron chi connectivity index (χ2n) is 3.08. The summed E-state index contributed by atoms with van der Waals surface area (Å²) < 4.78 is 0. The van der Waals surface area contributed by atoms with Gasteiger partial charge in [0.15, 0.2) is 5.11 Å². The zero-order valence-corrected chi connectivity index (χ0v) is 10.8. The van der Waals surface area contributed by atoms with E-state index >= 15 is 0 Å². The lowest BCUT2D eigenvalue weighted by Crippen LogP contribution is -2.29. The topological polar surface area (TPSA) is 44.3 Å². The van der Waals surface area contributed by atoms with E-state index in [4.69, 9.17) is 40.5 Å². The Hall–Kier alpha value is -0.550. The third-order valence-electron chi connectivity index (χ3n) is 1.80. The summed E-state index contributed by atoms with van der Waals surface area (Å²) in [4.78, 5) is 0. The largest absolute Gasteiger partial charge is 0.396 e. The van der Waals surface area contributed by atoms with Crippen molar-refractivity contribution < 1.29 is 5.11 Å². The molecule has 0 unspecified atom stereocenters. The molecule has 0 aromatic heterocycles. The first-order chi connectivity index (χ1) is 7.63. The highest BCUT2D eigenvalue weighted by atomic mass is 35.5. The summed E-state index contributed by atoms with van der Waals surface area (Å²) >= 11 is 16.8. The summed E-state index contributed by atoms with van der Waals surface area (Å²) in [5, 5.41) is 16.1. The smallest absolute Gasteiger partial charge is 0.170 e. The second-order valence-corrected chi connectivity index (χ2v) is 4.33. The molecule has 0 spiro atoms. The minimum atomic E-state index is 0.136. The Balaban J connectivity index is 2.49. The first kappa shape index (κ1) is 13.5. The number of benzene rings is 1. The SMILES string of the molecule is OCCCNC(=S)Nc1ccc(Cl)cc1Cl. The molecule has 1 aromatic rings. The van der Waals surface area contributed by atoms with E-state index in [1.54, 1.807) is 18.2 Å². The average molecular weight is 279 g/mol. The number of thiocarbonyl (C=S) groups is 1. The standard InChI is InChI=1S/C10H12Cl2N2OS/c11-7-2-3-9(8(12)6-7)14-10(16)13-4-1-5-15/h2-3,6,15H,1,4-5H2,(H2,13,14,16). The van der Waals surface area contributed by atoms with Gasteiger partial charge in [-0.1, -0.05) is 23.2 Å². The van der Waals surface area contributed by atoms with Gasteiger partial charge in [-0.05, 0) is 36.8 Å². The van der Waals surface area contributed by atoms with Gasteiger partial charge in [0.25, 0.3) is 0 Å². The van der Waals surface area contributed by atoms with E-state index in [0.29, 0.717) is 33.8 Å². The van der Waals surface area contributed by atoms with Crippen molar-refractivity contribution >= 4 is 46.2 Å². The third kappa shape index (κ3) is 4.53. The van der Waals surface area contributed by atoms with Crippen LogP contribution < -0.4 is 10.6 Å². The highest BCUT2D eigenvalue weighted by Crippen LogP contribution is 2.25. The number of aliphatic hydroxyl groups excluding tert-OH is 1. The van der Waals surface area contributed by atoms with Crippen LogP contribution in [0, 0.1) is 0 Å². The van der Waals surface area contributed by atoms with E-state index in [-0.39, 0.29) is 6.61 Å². The molecular weight excluding hydrogens is 267 g/mol. The lowest BCUT2D eigenvalue weighted by atomic mass is 10.3. The van der Waals surface area contributed by atoms with Gasteiger partial charge < -0.3 is 15.7 Å². The van der Waals surface area contributed by atoms with Gasteiger partial charge in [-0.15, -0.1) is 0 Å². The Morgan fingerprint density at radius 2 is 2.12 bits per heavy atom. The molecule has 0 aliphatic heterocycles. The summed E-state index contributed by atoms with van der Waals surface area (Å²) in [6.45, 7) is 0.755. The molecule has 0 heterocycles. The number of hydrogen-bond acceptors (Lipinski definition) is 2. The van der Waals surface area contributed by atoms with E-state index in [2.05, 4.69) is 10.6 Å². The molecule has 16 heavy (non-hydrogen) atoms. The van der Waals surface area contributed by atoms with Crippen LogP contribution in [0.5, 0.6) is 0 Å². The number of rotatable bonds is 4. The fraction of sp³-hybridized carbons (Fsp3) is 0.300. The van der Waals surface area contributed by atoms with Crippen LogP contribution in [-0.4, -0.2) is 23.4 Å². The zero-order valence-electron chi connectivity index (χ0n) is 8.46. The van der Waals surface area contributed by atoms with Crippen LogP contribution in [0.2, 0.25) is 10.0 Å². The molecule has 6 heteroatoms. The fourth-order valence-electron chi connectivity index (χ4n) is 1.04. The third-order valence-corrected chi connectivity index (χ3v) is 2.59. The monoisotopic (exact) mass is 278 g/mol. The van der Waals surface area contributed by atoms with Crippen LogP contribution in [0.25, 0.3) is 0 Å². The molecule has 0 aliphatic carbocycles. The highest BCUT2D eigenvalue weighted by molar-refractivity contribution is 7.80. The van der Waals surface area contributed by atoms with Crippen LogP contribution in [0.3, 0.4) is 0 Å². The van der Waals surface area contributed by atoms with Gasteiger partial charge in [0, 0.05) is 18.2 Å². The molecule has 0 radical (unpaired) electrons. The van der Waals surface area contributed by atoms with Crippen LogP contribution in [0.1, 0.15) is 6.42 Å². The molecule has 0 bridgehead atoms. The molecule has 3 nitrogen and oxygen atoms in total. The second kappa shape index (κ2) is 6.91. The van der Waals surface area contributed by atoms with Gasteiger partial charge in [0.05, 0.1) is 10.7 Å². The fourth-order valence-corrected chi connectivity index (χ4v) is 1.71. The summed E-state index contributed by atoms with van der Waals surface area (Å²) in [6.07, 6.45) is 0.649. The Kier molecular flexibility index (Phi) is 5.84. The molecule has 0 amide bonds. The molecule has 0 saturated carbocycles. The van der Waals surface area contributed by atoms with Crippen molar-refractivity contribution in [3.05, 3.63) is 28.2 Å². The summed E-state index contributed by atoms with van der Waals surface area (Å²) in [5.41, 5.74) is 0.701. The molecule has 88 valence electrons. The molecule has 0 fully saturated rings. The maximum absolute atomic E-state index is 8.60. The normalized spacial score (nSPS) is 9.94. The van der Waals surface area contributed by atoms with Crippen LogP contribution in [0.15, 0.2) is 18.2 Å². The number of halogens is 2.